The minimum Gasteiger partial charge on any atom is -0.352 e. The molecule has 0 saturated heterocycles. The van der Waals surface area contributed by atoms with Crippen molar-refractivity contribution in [1.82, 2.24) is 5.32 Å². The summed E-state index contributed by atoms with van der Waals surface area (Å²) in [5.41, 5.74) is 0.994. The maximum absolute atomic E-state index is 12.0. The Kier molecular flexibility index (Phi) is 4.73. The second-order valence-electron chi connectivity index (χ2n) is 4.89. The molecule has 1 atom stereocenters. The van der Waals surface area contributed by atoms with Gasteiger partial charge in [-0.1, -0.05) is 49.4 Å². The van der Waals surface area contributed by atoms with Crippen LogP contribution in [0.25, 0.3) is 10.8 Å². The summed E-state index contributed by atoms with van der Waals surface area (Å²) in [4.78, 5) is 12.0. The molecule has 1 unspecified atom stereocenters. The van der Waals surface area contributed by atoms with E-state index in [1.807, 2.05) is 43.3 Å². The second kappa shape index (κ2) is 6.72. The number of hydrogen-bond donors (Lipinski definition) is 1. The van der Waals surface area contributed by atoms with E-state index in [4.69, 9.17) is 5.26 Å². The van der Waals surface area contributed by atoms with E-state index < -0.39 is 0 Å². The second-order valence-corrected chi connectivity index (χ2v) is 4.89. The highest BCUT2D eigenvalue weighted by Gasteiger charge is 2.10. The van der Waals surface area contributed by atoms with Crippen LogP contribution < -0.4 is 5.32 Å². The van der Waals surface area contributed by atoms with E-state index in [9.17, 15) is 4.79 Å². The molecule has 2 rings (SSSR count). The van der Waals surface area contributed by atoms with E-state index in [0.29, 0.717) is 12.8 Å². The number of fused-ring (bicyclic) bond motifs is 1. The monoisotopic (exact) mass is 266 g/mol. The van der Waals surface area contributed by atoms with Gasteiger partial charge in [0.15, 0.2) is 0 Å². The molecule has 102 valence electrons. The average molecular weight is 266 g/mol. The first-order chi connectivity index (χ1) is 9.72. The Bertz CT molecular complexity index is 643. The zero-order valence-corrected chi connectivity index (χ0v) is 11.6. The summed E-state index contributed by atoms with van der Waals surface area (Å²) in [5.74, 6) is -0.0256. The van der Waals surface area contributed by atoms with Gasteiger partial charge in [-0.05, 0) is 22.8 Å². The van der Waals surface area contributed by atoms with Gasteiger partial charge in [0, 0.05) is 6.04 Å². The van der Waals surface area contributed by atoms with Gasteiger partial charge in [0.1, 0.15) is 0 Å². The predicted molar refractivity (Wildman–Crippen MR) is 80.1 cm³/mol. The fourth-order valence-electron chi connectivity index (χ4n) is 2.22. The van der Waals surface area contributed by atoms with E-state index in [1.54, 1.807) is 0 Å². The fourth-order valence-corrected chi connectivity index (χ4v) is 2.22. The first-order valence-corrected chi connectivity index (χ1v) is 6.87. The lowest BCUT2D eigenvalue weighted by atomic mass is 10.0. The Morgan fingerprint density at radius 2 is 2.00 bits per heavy atom. The van der Waals surface area contributed by atoms with Crippen LogP contribution in [-0.2, 0) is 11.2 Å². The Morgan fingerprint density at radius 1 is 1.25 bits per heavy atom. The molecule has 1 amide bonds. The normalized spacial score (nSPS) is 11.8. The van der Waals surface area contributed by atoms with Crippen LogP contribution >= 0.6 is 0 Å². The van der Waals surface area contributed by atoms with Crippen molar-refractivity contribution in [1.29, 1.82) is 5.26 Å². The van der Waals surface area contributed by atoms with Gasteiger partial charge in [0.25, 0.3) is 0 Å². The summed E-state index contributed by atoms with van der Waals surface area (Å²) >= 11 is 0. The molecule has 3 heteroatoms. The van der Waals surface area contributed by atoms with Crippen LogP contribution in [0.2, 0.25) is 0 Å². The lowest BCUT2D eigenvalue weighted by Gasteiger charge is -2.13. The number of nitriles is 1. The minimum absolute atomic E-state index is 0.0256. The zero-order valence-electron chi connectivity index (χ0n) is 11.6. The van der Waals surface area contributed by atoms with E-state index in [0.717, 1.165) is 17.4 Å². The summed E-state index contributed by atoms with van der Waals surface area (Å²) in [6, 6.07) is 16.2. The molecule has 0 saturated carbocycles. The summed E-state index contributed by atoms with van der Waals surface area (Å²) in [6.07, 6.45) is 1.49. The average Bonchev–Trinajstić information content (AvgIpc) is 2.46. The molecule has 0 aliphatic heterocycles. The largest absolute Gasteiger partial charge is 0.352 e. The smallest absolute Gasteiger partial charge is 0.224 e. The minimum atomic E-state index is -0.0482. The number of nitrogens with one attached hydrogen (secondary N) is 1. The standard InChI is InChI=1S/C17H18N2O/c1-2-16(9-10-18)19-17(20)12-13-7-8-14-5-3-4-6-15(14)11-13/h3-8,11,16H,2,9,12H2,1H3,(H,19,20). The summed E-state index contributed by atoms with van der Waals surface area (Å²) < 4.78 is 0. The van der Waals surface area contributed by atoms with Gasteiger partial charge < -0.3 is 5.32 Å². The van der Waals surface area contributed by atoms with E-state index in [2.05, 4.69) is 17.5 Å². The maximum Gasteiger partial charge on any atom is 0.224 e. The van der Waals surface area contributed by atoms with Crippen LogP contribution in [0.4, 0.5) is 0 Å². The molecule has 0 aliphatic carbocycles. The Hall–Kier alpha value is -2.34. The van der Waals surface area contributed by atoms with Crippen molar-refractivity contribution in [3.05, 3.63) is 48.0 Å². The molecular weight excluding hydrogens is 248 g/mol. The molecule has 0 radical (unpaired) electrons. The molecule has 0 bridgehead atoms. The molecule has 2 aromatic rings. The Labute approximate surface area is 119 Å². The van der Waals surface area contributed by atoms with E-state index in [1.165, 1.54) is 5.39 Å². The van der Waals surface area contributed by atoms with Gasteiger partial charge in [-0.2, -0.15) is 5.26 Å². The predicted octanol–water partition coefficient (Wildman–Crippen LogP) is 3.19. The van der Waals surface area contributed by atoms with Gasteiger partial charge in [-0.25, -0.2) is 0 Å². The van der Waals surface area contributed by atoms with E-state index in [-0.39, 0.29) is 11.9 Å². The van der Waals surface area contributed by atoms with Crippen molar-refractivity contribution >= 4 is 16.7 Å². The molecular formula is C17H18N2O. The maximum atomic E-state index is 12.0. The van der Waals surface area contributed by atoms with Gasteiger partial charge in [-0.3, -0.25) is 4.79 Å². The third-order valence-electron chi connectivity index (χ3n) is 3.37. The van der Waals surface area contributed by atoms with Crippen LogP contribution in [0, 0.1) is 11.3 Å². The third-order valence-corrected chi connectivity index (χ3v) is 3.37. The van der Waals surface area contributed by atoms with Gasteiger partial charge in [0.05, 0.1) is 18.9 Å². The van der Waals surface area contributed by atoms with Crippen LogP contribution in [0.1, 0.15) is 25.3 Å². The van der Waals surface area contributed by atoms with Crippen LogP contribution in [-0.4, -0.2) is 11.9 Å². The first-order valence-electron chi connectivity index (χ1n) is 6.87. The van der Waals surface area contributed by atoms with Crippen LogP contribution in [0.3, 0.4) is 0 Å². The third kappa shape index (κ3) is 3.58. The number of amides is 1. The zero-order chi connectivity index (χ0) is 14.4. The number of nitrogens with zero attached hydrogens (tertiary/aromatic N) is 1. The first kappa shape index (κ1) is 14.1. The van der Waals surface area contributed by atoms with Crippen molar-refractivity contribution in [3.63, 3.8) is 0 Å². The highest BCUT2D eigenvalue weighted by atomic mass is 16.1. The molecule has 0 aromatic heterocycles. The van der Waals surface area contributed by atoms with Crippen LogP contribution in [0.5, 0.6) is 0 Å². The Balaban J connectivity index is 2.04. The van der Waals surface area contributed by atoms with Gasteiger partial charge >= 0.3 is 0 Å². The van der Waals surface area contributed by atoms with Crippen molar-refractivity contribution in [2.24, 2.45) is 0 Å². The molecule has 3 nitrogen and oxygen atoms in total. The van der Waals surface area contributed by atoms with Crippen molar-refractivity contribution in [2.45, 2.75) is 32.2 Å². The highest BCUT2D eigenvalue weighted by molar-refractivity contribution is 5.85. The summed E-state index contributed by atoms with van der Waals surface area (Å²) in [6.45, 7) is 1.97. The number of rotatable bonds is 5. The SMILES string of the molecule is CCC(CC#N)NC(=O)Cc1ccc2ccccc2c1. The van der Waals surface area contributed by atoms with Crippen molar-refractivity contribution in [2.75, 3.05) is 0 Å². The fraction of sp³-hybridized carbons (Fsp3) is 0.294. The highest BCUT2D eigenvalue weighted by Crippen LogP contribution is 2.16. The van der Waals surface area contributed by atoms with E-state index >= 15 is 0 Å². The number of carbonyl (C=O) groups excluding carboxylic acids is 1. The molecule has 0 fully saturated rings. The lowest BCUT2D eigenvalue weighted by Crippen LogP contribution is -2.35. The molecule has 20 heavy (non-hydrogen) atoms. The molecule has 0 aliphatic rings. The van der Waals surface area contributed by atoms with Crippen molar-refractivity contribution < 1.29 is 4.79 Å². The van der Waals surface area contributed by atoms with Crippen LogP contribution in [0.15, 0.2) is 42.5 Å². The summed E-state index contributed by atoms with van der Waals surface area (Å²) in [7, 11) is 0. The molecule has 0 heterocycles. The number of benzene rings is 2. The van der Waals surface area contributed by atoms with Gasteiger partial charge in [0.2, 0.25) is 5.91 Å². The Morgan fingerprint density at radius 3 is 2.70 bits per heavy atom. The number of carbonyl (C=O) groups is 1. The van der Waals surface area contributed by atoms with Crippen molar-refractivity contribution in [3.8, 4) is 6.07 Å². The summed E-state index contributed by atoms with van der Waals surface area (Å²) in [5, 5.41) is 13.9. The molecule has 1 N–H and O–H groups in total. The molecule has 0 spiro atoms. The molecule has 2 aromatic carbocycles. The number of hydrogen-bond acceptors (Lipinski definition) is 2. The van der Waals surface area contributed by atoms with Gasteiger partial charge in [-0.15, -0.1) is 0 Å². The quantitative estimate of drug-likeness (QED) is 0.903. The lowest BCUT2D eigenvalue weighted by molar-refractivity contribution is -0.121. The topological polar surface area (TPSA) is 52.9 Å².